The van der Waals surface area contributed by atoms with Crippen molar-refractivity contribution >= 4 is 0 Å². The SMILES string of the molecule is Cn1ccnc1-c1cn(CC2(c3ccccc3F)CCCC2)nn1. The van der Waals surface area contributed by atoms with Gasteiger partial charge in [0.2, 0.25) is 0 Å². The normalized spacial score (nSPS) is 16.6. The van der Waals surface area contributed by atoms with Gasteiger partial charge in [-0.15, -0.1) is 5.10 Å². The van der Waals surface area contributed by atoms with E-state index in [1.54, 1.807) is 18.3 Å². The van der Waals surface area contributed by atoms with Crippen molar-refractivity contribution in [3.8, 4) is 11.5 Å². The molecular formula is C18H20FN5. The summed E-state index contributed by atoms with van der Waals surface area (Å²) in [5.74, 6) is 0.663. The Bertz CT molecular complexity index is 844. The maximum atomic E-state index is 14.4. The van der Waals surface area contributed by atoms with Crippen molar-refractivity contribution in [1.29, 1.82) is 0 Å². The molecule has 5 nitrogen and oxygen atoms in total. The van der Waals surface area contributed by atoms with E-state index in [4.69, 9.17) is 0 Å². The summed E-state index contributed by atoms with van der Waals surface area (Å²) in [5, 5.41) is 8.51. The number of halogens is 1. The summed E-state index contributed by atoms with van der Waals surface area (Å²) >= 11 is 0. The zero-order valence-electron chi connectivity index (χ0n) is 13.7. The molecule has 1 fully saturated rings. The molecule has 1 aliphatic rings. The van der Waals surface area contributed by atoms with E-state index < -0.39 is 0 Å². The van der Waals surface area contributed by atoms with Gasteiger partial charge in [-0.3, -0.25) is 4.68 Å². The number of aromatic nitrogens is 5. The lowest BCUT2D eigenvalue weighted by atomic mass is 9.78. The average Bonchev–Trinajstić information content (AvgIpc) is 3.30. The molecular weight excluding hydrogens is 305 g/mol. The van der Waals surface area contributed by atoms with Gasteiger partial charge < -0.3 is 4.57 Å². The summed E-state index contributed by atoms with van der Waals surface area (Å²) in [6, 6.07) is 7.13. The van der Waals surface area contributed by atoms with Crippen molar-refractivity contribution in [3.05, 3.63) is 54.2 Å². The molecule has 0 N–H and O–H groups in total. The first-order chi connectivity index (χ1) is 11.7. The molecule has 2 aromatic heterocycles. The van der Waals surface area contributed by atoms with Crippen LogP contribution in [0.5, 0.6) is 0 Å². The molecule has 6 heteroatoms. The maximum absolute atomic E-state index is 14.4. The quantitative estimate of drug-likeness (QED) is 0.739. The average molecular weight is 325 g/mol. The van der Waals surface area contributed by atoms with Crippen molar-refractivity contribution in [1.82, 2.24) is 24.5 Å². The summed E-state index contributed by atoms with van der Waals surface area (Å²) in [7, 11) is 1.93. The Kier molecular flexibility index (Phi) is 3.67. The summed E-state index contributed by atoms with van der Waals surface area (Å²) in [5.41, 5.74) is 1.35. The first kappa shape index (κ1) is 15.1. The Morgan fingerprint density at radius 1 is 1.21 bits per heavy atom. The third-order valence-corrected chi connectivity index (χ3v) is 5.06. The third-order valence-electron chi connectivity index (χ3n) is 5.06. The molecule has 3 aromatic rings. The highest BCUT2D eigenvalue weighted by atomic mass is 19.1. The maximum Gasteiger partial charge on any atom is 0.161 e. The molecule has 124 valence electrons. The number of imidazole rings is 1. The predicted octanol–water partition coefficient (Wildman–Crippen LogP) is 3.33. The molecule has 0 spiro atoms. The van der Waals surface area contributed by atoms with Crippen molar-refractivity contribution in [2.75, 3.05) is 0 Å². The highest BCUT2D eigenvalue weighted by molar-refractivity contribution is 5.47. The molecule has 24 heavy (non-hydrogen) atoms. The summed E-state index contributed by atoms with van der Waals surface area (Å²) in [4.78, 5) is 4.31. The Hall–Kier alpha value is -2.50. The second kappa shape index (κ2) is 5.85. The Labute approximate surface area is 140 Å². The van der Waals surface area contributed by atoms with Gasteiger partial charge in [-0.1, -0.05) is 36.3 Å². The van der Waals surface area contributed by atoms with E-state index in [2.05, 4.69) is 15.3 Å². The van der Waals surface area contributed by atoms with E-state index in [1.165, 1.54) is 0 Å². The lowest BCUT2D eigenvalue weighted by Crippen LogP contribution is -2.30. The second-order valence-electron chi connectivity index (χ2n) is 6.63. The van der Waals surface area contributed by atoms with Crippen LogP contribution in [0.15, 0.2) is 42.9 Å². The van der Waals surface area contributed by atoms with Gasteiger partial charge in [0.1, 0.15) is 11.5 Å². The van der Waals surface area contributed by atoms with Crippen LogP contribution in [0.3, 0.4) is 0 Å². The number of hydrogen-bond donors (Lipinski definition) is 0. The minimum Gasteiger partial charge on any atom is -0.333 e. The van der Waals surface area contributed by atoms with Gasteiger partial charge in [0, 0.05) is 24.9 Å². The number of benzene rings is 1. The topological polar surface area (TPSA) is 48.5 Å². The molecule has 1 aliphatic carbocycles. The zero-order valence-corrected chi connectivity index (χ0v) is 13.7. The summed E-state index contributed by atoms with van der Waals surface area (Å²) in [6.45, 7) is 0.644. The van der Waals surface area contributed by atoms with Gasteiger partial charge in [0.05, 0.1) is 12.7 Å². The van der Waals surface area contributed by atoms with E-state index in [-0.39, 0.29) is 11.2 Å². The van der Waals surface area contributed by atoms with E-state index in [0.717, 1.165) is 42.8 Å². The van der Waals surface area contributed by atoms with E-state index in [1.807, 2.05) is 40.8 Å². The molecule has 1 saturated carbocycles. The van der Waals surface area contributed by atoms with Crippen LogP contribution >= 0.6 is 0 Å². The van der Waals surface area contributed by atoms with Crippen LogP contribution in [0, 0.1) is 5.82 Å². The highest BCUT2D eigenvalue weighted by Gasteiger charge is 2.38. The molecule has 0 bridgehead atoms. The molecule has 0 unspecified atom stereocenters. The number of nitrogens with zero attached hydrogens (tertiary/aromatic N) is 5. The molecule has 0 atom stereocenters. The van der Waals surface area contributed by atoms with Crippen LogP contribution in [-0.2, 0) is 19.0 Å². The minimum absolute atomic E-state index is 0.121. The lowest BCUT2D eigenvalue weighted by molar-refractivity contribution is 0.335. The van der Waals surface area contributed by atoms with Crippen LogP contribution in [0.1, 0.15) is 31.2 Å². The van der Waals surface area contributed by atoms with Crippen molar-refractivity contribution in [2.45, 2.75) is 37.6 Å². The largest absolute Gasteiger partial charge is 0.333 e. The van der Waals surface area contributed by atoms with Crippen LogP contribution in [0.2, 0.25) is 0 Å². The monoisotopic (exact) mass is 325 g/mol. The van der Waals surface area contributed by atoms with Crippen molar-refractivity contribution in [2.24, 2.45) is 7.05 Å². The van der Waals surface area contributed by atoms with Crippen molar-refractivity contribution in [3.63, 3.8) is 0 Å². The van der Waals surface area contributed by atoms with Crippen molar-refractivity contribution < 1.29 is 4.39 Å². The first-order valence-corrected chi connectivity index (χ1v) is 8.31. The molecule has 1 aromatic carbocycles. The Morgan fingerprint density at radius 3 is 2.71 bits per heavy atom. The van der Waals surface area contributed by atoms with Crippen LogP contribution in [0.25, 0.3) is 11.5 Å². The number of aryl methyl sites for hydroxylation is 1. The summed E-state index contributed by atoms with van der Waals surface area (Å²) < 4.78 is 18.2. The molecule has 2 heterocycles. The smallest absolute Gasteiger partial charge is 0.161 e. The summed E-state index contributed by atoms with van der Waals surface area (Å²) in [6.07, 6.45) is 9.73. The highest BCUT2D eigenvalue weighted by Crippen LogP contribution is 2.43. The van der Waals surface area contributed by atoms with Crippen LogP contribution in [0.4, 0.5) is 4.39 Å². The van der Waals surface area contributed by atoms with Gasteiger partial charge in [-0.25, -0.2) is 9.37 Å². The Balaban J connectivity index is 1.67. The van der Waals surface area contributed by atoms with Gasteiger partial charge in [0.15, 0.2) is 5.82 Å². The fourth-order valence-electron chi connectivity index (χ4n) is 3.86. The zero-order chi connectivity index (χ0) is 16.6. The van der Waals surface area contributed by atoms with Crippen LogP contribution < -0.4 is 0 Å². The number of rotatable bonds is 4. The fraction of sp³-hybridized carbons (Fsp3) is 0.389. The lowest BCUT2D eigenvalue weighted by Gasteiger charge is -2.29. The van der Waals surface area contributed by atoms with Gasteiger partial charge in [-0.2, -0.15) is 0 Å². The van der Waals surface area contributed by atoms with E-state index in [9.17, 15) is 4.39 Å². The Morgan fingerprint density at radius 2 is 2.00 bits per heavy atom. The molecule has 0 aliphatic heterocycles. The molecule has 0 radical (unpaired) electrons. The third kappa shape index (κ3) is 2.52. The van der Waals surface area contributed by atoms with Gasteiger partial charge >= 0.3 is 0 Å². The number of hydrogen-bond acceptors (Lipinski definition) is 3. The fourth-order valence-corrected chi connectivity index (χ4v) is 3.86. The van der Waals surface area contributed by atoms with E-state index in [0.29, 0.717) is 6.54 Å². The predicted molar refractivity (Wildman–Crippen MR) is 88.8 cm³/mol. The molecule has 0 amide bonds. The second-order valence-corrected chi connectivity index (χ2v) is 6.63. The van der Waals surface area contributed by atoms with E-state index >= 15 is 0 Å². The van der Waals surface area contributed by atoms with Gasteiger partial charge in [0.25, 0.3) is 0 Å². The van der Waals surface area contributed by atoms with Gasteiger partial charge in [-0.05, 0) is 24.5 Å². The van der Waals surface area contributed by atoms with Crippen LogP contribution in [-0.4, -0.2) is 24.5 Å². The molecule has 0 saturated heterocycles. The standard InChI is InChI=1S/C18H20FN5/c1-23-11-10-20-17(23)16-12-24(22-21-16)13-18(8-4-5-9-18)14-6-2-3-7-15(14)19/h2-3,6-7,10-12H,4-5,8-9,13H2,1H3. The molecule has 4 rings (SSSR count). The first-order valence-electron chi connectivity index (χ1n) is 8.31. The minimum atomic E-state index is -0.196.